The van der Waals surface area contributed by atoms with Crippen molar-refractivity contribution in [2.45, 2.75) is 59.0 Å². The molecule has 7 heteroatoms. The van der Waals surface area contributed by atoms with Crippen LogP contribution in [0.2, 0.25) is 0 Å². The molecule has 2 aromatic carbocycles. The molecule has 33 heavy (non-hydrogen) atoms. The highest BCUT2D eigenvalue weighted by molar-refractivity contribution is 5.74. The van der Waals surface area contributed by atoms with Gasteiger partial charge in [-0.05, 0) is 82.2 Å². The number of hydrogen-bond donors (Lipinski definition) is 1. The van der Waals surface area contributed by atoms with E-state index in [2.05, 4.69) is 22.3 Å². The van der Waals surface area contributed by atoms with Gasteiger partial charge in [0, 0.05) is 11.1 Å². The summed E-state index contributed by atoms with van der Waals surface area (Å²) >= 11 is 0. The lowest BCUT2D eigenvalue weighted by molar-refractivity contribution is -0.147. The molecule has 1 aliphatic carbocycles. The maximum Gasteiger partial charge on any atom is 0.309 e. The van der Waals surface area contributed by atoms with Crippen molar-refractivity contribution in [2.75, 3.05) is 0 Å². The van der Waals surface area contributed by atoms with Gasteiger partial charge in [-0.2, -0.15) is 10.2 Å². The second-order valence-corrected chi connectivity index (χ2v) is 9.41. The van der Waals surface area contributed by atoms with Crippen molar-refractivity contribution in [3.8, 4) is 34.7 Å². The quantitative estimate of drug-likeness (QED) is 0.504. The van der Waals surface area contributed by atoms with E-state index in [0.717, 1.165) is 29.5 Å². The molecule has 3 aromatic rings. The average molecular weight is 446 g/mol. The van der Waals surface area contributed by atoms with E-state index < -0.39 is 11.4 Å². The Labute approximate surface area is 193 Å². The van der Waals surface area contributed by atoms with Crippen molar-refractivity contribution >= 4 is 5.97 Å². The first-order chi connectivity index (χ1) is 15.7. The zero-order chi connectivity index (χ0) is 23.8. The number of nitrogens with zero attached hydrogens (tertiary/aromatic N) is 3. The molecule has 0 saturated heterocycles. The second kappa shape index (κ2) is 8.70. The Bertz CT molecular complexity index is 1240. The fraction of sp³-hybridized carbons (Fsp3) is 0.385. The highest BCUT2D eigenvalue weighted by Crippen LogP contribution is 2.44. The third kappa shape index (κ3) is 4.47. The van der Waals surface area contributed by atoms with E-state index in [9.17, 15) is 15.2 Å². The number of carboxylic acids is 1. The Morgan fingerprint density at radius 2 is 2.12 bits per heavy atom. The van der Waals surface area contributed by atoms with E-state index >= 15 is 0 Å². The molecule has 0 aliphatic heterocycles. The maximum absolute atomic E-state index is 11.6. The Morgan fingerprint density at radius 3 is 2.82 bits per heavy atom. The van der Waals surface area contributed by atoms with Gasteiger partial charge in [0.25, 0.3) is 5.89 Å². The summed E-state index contributed by atoms with van der Waals surface area (Å²) in [5.41, 5.74) is 3.48. The van der Waals surface area contributed by atoms with Gasteiger partial charge >= 0.3 is 5.97 Å². The molecule has 0 radical (unpaired) electrons. The Kier molecular flexibility index (Phi) is 5.94. The van der Waals surface area contributed by atoms with Crippen molar-refractivity contribution in [3.05, 3.63) is 53.1 Å². The molecule has 1 aromatic heterocycles. The van der Waals surface area contributed by atoms with Crippen LogP contribution in [-0.2, 0) is 11.2 Å². The number of hydrogen-bond acceptors (Lipinski definition) is 6. The Morgan fingerprint density at radius 1 is 1.33 bits per heavy atom. The van der Waals surface area contributed by atoms with Crippen LogP contribution in [0.5, 0.6) is 5.75 Å². The van der Waals surface area contributed by atoms with Crippen LogP contribution in [0.4, 0.5) is 0 Å². The van der Waals surface area contributed by atoms with Crippen LogP contribution in [0.1, 0.15) is 63.1 Å². The normalized spacial score (nSPS) is 15.3. The molecule has 4 rings (SSSR count). The van der Waals surface area contributed by atoms with Crippen molar-refractivity contribution in [1.29, 1.82) is 5.26 Å². The summed E-state index contributed by atoms with van der Waals surface area (Å²) in [7, 11) is 0. The van der Waals surface area contributed by atoms with Crippen molar-refractivity contribution < 1.29 is 19.2 Å². The lowest BCUT2D eigenvalue weighted by atomic mass is 9.80. The monoisotopic (exact) mass is 445 g/mol. The minimum atomic E-state index is -0.786. The maximum atomic E-state index is 11.6. The fourth-order valence-corrected chi connectivity index (χ4v) is 4.42. The molecule has 1 heterocycles. The highest BCUT2D eigenvalue weighted by Gasteiger charge is 2.35. The first-order valence-corrected chi connectivity index (χ1v) is 11.1. The third-order valence-corrected chi connectivity index (χ3v) is 6.11. The van der Waals surface area contributed by atoms with Crippen LogP contribution in [0.25, 0.3) is 22.8 Å². The van der Waals surface area contributed by atoms with Crippen LogP contribution in [-0.4, -0.2) is 27.3 Å². The van der Waals surface area contributed by atoms with Gasteiger partial charge in [-0.3, -0.25) is 4.79 Å². The van der Waals surface area contributed by atoms with Crippen LogP contribution < -0.4 is 4.74 Å². The summed E-state index contributed by atoms with van der Waals surface area (Å²) in [5.74, 6) is 0.741. The number of aromatic nitrogens is 2. The number of ether oxygens (including phenoxy) is 1. The molecular weight excluding hydrogens is 418 g/mol. The zero-order valence-electron chi connectivity index (χ0n) is 19.3. The highest BCUT2D eigenvalue weighted by atomic mass is 16.5. The van der Waals surface area contributed by atoms with Crippen LogP contribution in [0, 0.1) is 16.7 Å². The number of nitriles is 1. The standard InChI is InChI=1S/C26H27N3O4/c1-15(2)32-22-11-9-16(12-18(22)14-27)24-28-23(29-33-24)21-7-5-6-19-17(8-10-20(19)21)13-26(3,4)25(30)31/h5-7,9,11-12,15,17H,8,10,13H2,1-4H3,(H,30,31)/t17-/m1/s1. The molecule has 0 amide bonds. The molecule has 1 aliphatic rings. The van der Waals surface area contributed by atoms with E-state index in [-0.39, 0.29) is 12.0 Å². The Balaban J connectivity index is 1.63. The van der Waals surface area contributed by atoms with Gasteiger partial charge < -0.3 is 14.4 Å². The summed E-state index contributed by atoms with van der Waals surface area (Å²) in [6, 6.07) is 13.4. The van der Waals surface area contributed by atoms with Gasteiger partial charge in [-0.15, -0.1) is 0 Å². The van der Waals surface area contributed by atoms with E-state index in [1.54, 1.807) is 32.0 Å². The lowest BCUT2D eigenvalue weighted by Crippen LogP contribution is -2.25. The summed E-state index contributed by atoms with van der Waals surface area (Å²) < 4.78 is 11.2. The smallest absolute Gasteiger partial charge is 0.309 e. The van der Waals surface area contributed by atoms with Gasteiger partial charge in [0.05, 0.1) is 17.1 Å². The van der Waals surface area contributed by atoms with Gasteiger partial charge in [-0.25, -0.2) is 0 Å². The van der Waals surface area contributed by atoms with Crippen LogP contribution in [0.3, 0.4) is 0 Å². The molecule has 0 fully saturated rings. The zero-order valence-corrected chi connectivity index (χ0v) is 19.3. The summed E-state index contributed by atoms with van der Waals surface area (Å²) in [4.78, 5) is 16.2. The van der Waals surface area contributed by atoms with E-state index in [1.807, 2.05) is 26.0 Å². The summed E-state index contributed by atoms with van der Waals surface area (Å²) in [5, 5.41) is 23.2. The predicted molar refractivity (Wildman–Crippen MR) is 123 cm³/mol. The minimum absolute atomic E-state index is 0.0389. The number of carbonyl (C=O) groups is 1. The van der Waals surface area contributed by atoms with E-state index in [0.29, 0.717) is 35.0 Å². The molecule has 0 bridgehead atoms. The molecule has 170 valence electrons. The van der Waals surface area contributed by atoms with Crippen LogP contribution >= 0.6 is 0 Å². The number of fused-ring (bicyclic) bond motifs is 1. The number of aliphatic carboxylic acids is 1. The first-order valence-electron chi connectivity index (χ1n) is 11.1. The largest absolute Gasteiger partial charge is 0.490 e. The second-order valence-electron chi connectivity index (χ2n) is 9.41. The summed E-state index contributed by atoms with van der Waals surface area (Å²) in [6.07, 6.45) is 2.28. The molecule has 0 unspecified atom stereocenters. The van der Waals surface area contributed by atoms with Crippen LogP contribution in [0.15, 0.2) is 40.9 Å². The van der Waals surface area contributed by atoms with Crippen molar-refractivity contribution in [3.63, 3.8) is 0 Å². The topological polar surface area (TPSA) is 109 Å². The van der Waals surface area contributed by atoms with E-state index in [1.165, 1.54) is 0 Å². The summed E-state index contributed by atoms with van der Waals surface area (Å²) in [6.45, 7) is 7.36. The number of carboxylic acid groups (broad SMARTS) is 1. The molecule has 1 atom stereocenters. The fourth-order valence-electron chi connectivity index (χ4n) is 4.42. The molecule has 7 nitrogen and oxygen atoms in total. The lowest BCUT2D eigenvalue weighted by Gasteiger charge is -2.23. The third-order valence-electron chi connectivity index (χ3n) is 6.11. The number of benzene rings is 2. The van der Waals surface area contributed by atoms with Gasteiger partial charge in [-0.1, -0.05) is 23.4 Å². The van der Waals surface area contributed by atoms with Gasteiger partial charge in [0.2, 0.25) is 5.82 Å². The van der Waals surface area contributed by atoms with Crippen molar-refractivity contribution in [1.82, 2.24) is 10.1 Å². The SMILES string of the molecule is CC(C)Oc1ccc(-c2nc(-c3cccc4c3CC[C@@H]4CC(C)(C)C(=O)O)no2)cc1C#N. The van der Waals surface area contributed by atoms with Gasteiger partial charge in [0.1, 0.15) is 11.8 Å². The number of rotatable bonds is 7. The van der Waals surface area contributed by atoms with Gasteiger partial charge in [0.15, 0.2) is 0 Å². The van der Waals surface area contributed by atoms with Crippen molar-refractivity contribution in [2.24, 2.45) is 5.41 Å². The first kappa shape index (κ1) is 22.5. The molecule has 0 saturated carbocycles. The minimum Gasteiger partial charge on any atom is -0.490 e. The molecule has 1 N–H and O–H groups in total. The predicted octanol–water partition coefficient (Wildman–Crippen LogP) is 5.59. The molecule has 0 spiro atoms. The molecular formula is C26H27N3O4. The average Bonchev–Trinajstić information content (AvgIpc) is 3.41. The van der Waals surface area contributed by atoms with E-state index in [4.69, 9.17) is 9.26 Å². The Hall–Kier alpha value is -3.66.